The average molecular weight is 285 g/mol. The molecule has 0 aromatic heterocycles. The Morgan fingerprint density at radius 3 is 2.63 bits per heavy atom. The summed E-state index contributed by atoms with van der Waals surface area (Å²) in [6.07, 6.45) is 0.216. The molecule has 0 spiro atoms. The smallest absolute Gasteiger partial charge is 0.353 e. The maximum Gasteiger partial charge on any atom is 0.353 e. The van der Waals surface area contributed by atoms with E-state index in [2.05, 4.69) is 0 Å². The van der Waals surface area contributed by atoms with Crippen LogP contribution in [0.4, 0.5) is 0 Å². The largest absolute Gasteiger partial charge is 0.477 e. The zero-order valence-corrected chi connectivity index (χ0v) is 12.1. The second-order valence-corrected chi connectivity index (χ2v) is 6.26. The molecule has 0 unspecified atom stereocenters. The van der Waals surface area contributed by atoms with E-state index in [0.29, 0.717) is 0 Å². The van der Waals surface area contributed by atoms with Crippen LogP contribution in [0.3, 0.4) is 0 Å². The molecule has 4 atom stereocenters. The fourth-order valence-corrected chi connectivity index (χ4v) is 4.08. The van der Waals surface area contributed by atoms with E-state index < -0.39 is 18.0 Å². The third-order valence-electron chi connectivity index (χ3n) is 3.77. The molecule has 2 N–H and O–H groups in total. The van der Waals surface area contributed by atoms with Gasteiger partial charge in [-0.3, -0.25) is 4.79 Å². The van der Waals surface area contributed by atoms with Crippen molar-refractivity contribution >= 4 is 23.6 Å². The summed E-state index contributed by atoms with van der Waals surface area (Å²) in [7, 11) is 0. The SMILES string of the molecule is CCCSC1=C(C(=O)O)N2C(=O)[C@H]([C@@H](C)O)[C@H]2[C@H]1C. The summed E-state index contributed by atoms with van der Waals surface area (Å²) in [5.41, 5.74) is 0.123. The molecule has 1 fully saturated rings. The van der Waals surface area contributed by atoms with Gasteiger partial charge in [0.25, 0.3) is 0 Å². The van der Waals surface area contributed by atoms with E-state index in [4.69, 9.17) is 0 Å². The van der Waals surface area contributed by atoms with Crippen LogP contribution in [0.1, 0.15) is 27.2 Å². The van der Waals surface area contributed by atoms with E-state index >= 15 is 0 Å². The molecule has 2 aliphatic heterocycles. The summed E-state index contributed by atoms with van der Waals surface area (Å²) in [5, 5.41) is 19.0. The molecule has 1 saturated heterocycles. The molecule has 5 nitrogen and oxygen atoms in total. The Bertz CT molecular complexity index is 446. The van der Waals surface area contributed by atoms with Gasteiger partial charge in [0.15, 0.2) is 0 Å². The van der Waals surface area contributed by atoms with Gasteiger partial charge in [-0.05, 0) is 19.1 Å². The number of aliphatic hydroxyl groups excluding tert-OH is 1. The van der Waals surface area contributed by atoms with Gasteiger partial charge in [-0.2, -0.15) is 0 Å². The maximum absolute atomic E-state index is 12.0. The molecular weight excluding hydrogens is 266 g/mol. The highest BCUT2D eigenvalue weighted by atomic mass is 32.2. The third-order valence-corrected chi connectivity index (χ3v) is 5.26. The van der Waals surface area contributed by atoms with E-state index in [1.807, 2.05) is 13.8 Å². The zero-order chi connectivity index (χ0) is 14.3. The van der Waals surface area contributed by atoms with Crippen LogP contribution in [0.5, 0.6) is 0 Å². The molecule has 0 aromatic carbocycles. The van der Waals surface area contributed by atoms with Gasteiger partial charge >= 0.3 is 5.97 Å². The lowest BCUT2D eigenvalue weighted by Gasteiger charge is -2.46. The molecule has 106 valence electrons. The molecule has 0 aliphatic carbocycles. The Kier molecular flexibility index (Phi) is 3.92. The molecule has 1 amide bonds. The molecule has 2 heterocycles. The van der Waals surface area contributed by atoms with Crippen molar-refractivity contribution in [2.24, 2.45) is 11.8 Å². The number of hydrogen-bond donors (Lipinski definition) is 2. The topological polar surface area (TPSA) is 77.8 Å². The van der Waals surface area contributed by atoms with Crippen molar-refractivity contribution < 1.29 is 19.8 Å². The van der Waals surface area contributed by atoms with Gasteiger partial charge in [0, 0.05) is 10.8 Å². The number of aliphatic carboxylic acids is 1. The van der Waals surface area contributed by atoms with Crippen molar-refractivity contribution in [2.45, 2.75) is 39.3 Å². The summed E-state index contributed by atoms with van der Waals surface area (Å²) in [5.74, 6) is -0.962. The summed E-state index contributed by atoms with van der Waals surface area (Å²) in [4.78, 5) is 25.6. The van der Waals surface area contributed by atoms with Crippen molar-refractivity contribution in [3.05, 3.63) is 10.6 Å². The number of carbonyl (C=O) groups is 2. The molecule has 19 heavy (non-hydrogen) atoms. The molecule has 0 aromatic rings. The number of amides is 1. The summed E-state index contributed by atoms with van der Waals surface area (Å²) < 4.78 is 0. The van der Waals surface area contributed by atoms with Gasteiger partial charge in [0.05, 0.1) is 18.1 Å². The minimum absolute atomic E-state index is 0.0139. The Morgan fingerprint density at radius 2 is 2.16 bits per heavy atom. The molecular formula is C13H19NO4S. The molecule has 0 radical (unpaired) electrons. The molecule has 6 heteroatoms. The zero-order valence-electron chi connectivity index (χ0n) is 11.3. The minimum atomic E-state index is -1.05. The molecule has 0 bridgehead atoms. The number of thioether (sulfide) groups is 1. The molecule has 2 aliphatic rings. The Balaban J connectivity index is 2.32. The van der Waals surface area contributed by atoms with Crippen LogP contribution in [0, 0.1) is 11.8 Å². The van der Waals surface area contributed by atoms with E-state index in [9.17, 15) is 19.8 Å². The first-order valence-corrected chi connectivity index (χ1v) is 7.51. The number of nitrogens with zero attached hydrogens (tertiary/aromatic N) is 1. The van der Waals surface area contributed by atoms with Gasteiger partial charge < -0.3 is 15.1 Å². The lowest BCUT2D eigenvalue weighted by molar-refractivity contribution is -0.163. The van der Waals surface area contributed by atoms with E-state index in [0.717, 1.165) is 17.1 Å². The normalized spacial score (nSPS) is 31.3. The van der Waals surface area contributed by atoms with Crippen molar-refractivity contribution in [1.29, 1.82) is 0 Å². The lowest BCUT2D eigenvalue weighted by Crippen LogP contribution is -2.63. The minimum Gasteiger partial charge on any atom is -0.477 e. The summed E-state index contributed by atoms with van der Waals surface area (Å²) in [6, 6.07) is -0.196. The number of carbonyl (C=O) groups excluding carboxylic acids is 1. The van der Waals surface area contributed by atoms with Gasteiger partial charge in [-0.15, -0.1) is 11.8 Å². The maximum atomic E-state index is 12.0. The number of β-lactam (4-membered cyclic amide) rings is 1. The molecule has 0 saturated carbocycles. The average Bonchev–Trinajstić information content (AvgIpc) is 2.56. The van der Waals surface area contributed by atoms with Crippen molar-refractivity contribution in [3.8, 4) is 0 Å². The van der Waals surface area contributed by atoms with Gasteiger partial charge in [0.2, 0.25) is 5.91 Å². The van der Waals surface area contributed by atoms with Crippen molar-refractivity contribution in [1.82, 2.24) is 4.90 Å². The first-order valence-electron chi connectivity index (χ1n) is 6.53. The fourth-order valence-electron chi connectivity index (χ4n) is 2.93. The number of aliphatic hydroxyl groups is 1. The quantitative estimate of drug-likeness (QED) is 0.744. The van der Waals surface area contributed by atoms with E-state index in [-0.39, 0.29) is 23.6 Å². The number of carboxylic acid groups (broad SMARTS) is 1. The van der Waals surface area contributed by atoms with Crippen LogP contribution in [-0.2, 0) is 9.59 Å². The lowest BCUT2D eigenvalue weighted by atomic mass is 9.79. The van der Waals surface area contributed by atoms with Crippen LogP contribution in [0.25, 0.3) is 0 Å². The second kappa shape index (κ2) is 5.17. The highest BCUT2D eigenvalue weighted by molar-refractivity contribution is 8.03. The predicted octanol–water partition coefficient (Wildman–Crippen LogP) is 1.28. The Morgan fingerprint density at radius 1 is 1.53 bits per heavy atom. The fraction of sp³-hybridized carbons (Fsp3) is 0.692. The van der Waals surface area contributed by atoms with Crippen molar-refractivity contribution in [3.63, 3.8) is 0 Å². The van der Waals surface area contributed by atoms with Crippen LogP contribution in [0.15, 0.2) is 10.6 Å². The Hall–Kier alpha value is -1.01. The van der Waals surface area contributed by atoms with E-state index in [1.165, 1.54) is 16.7 Å². The van der Waals surface area contributed by atoms with E-state index in [1.54, 1.807) is 6.92 Å². The Labute approximate surface area is 116 Å². The monoisotopic (exact) mass is 285 g/mol. The second-order valence-electron chi connectivity index (χ2n) is 5.12. The summed E-state index contributed by atoms with van der Waals surface area (Å²) >= 11 is 1.52. The highest BCUT2D eigenvalue weighted by Crippen LogP contribution is 2.50. The predicted molar refractivity (Wildman–Crippen MR) is 72.4 cm³/mol. The van der Waals surface area contributed by atoms with Crippen LogP contribution >= 0.6 is 11.8 Å². The standard InChI is InChI=1S/C13H19NO4S/c1-4-5-19-11-6(2)9-8(7(3)15)12(16)14(9)10(11)13(17)18/h6-9,15H,4-5H2,1-3H3,(H,17,18)/t6-,7-,8-,9-/m1/s1. The number of carboxylic acids is 1. The highest BCUT2D eigenvalue weighted by Gasteiger charge is 2.59. The summed E-state index contributed by atoms with van der Waals surface area (Å²) in [6.45, 7) is 5.56. The number of fused-ring (bicyclic) bond motifs is 1. The van der Waals surface area contributed by atoms with Gasteiger partial charge in [-0.1, -0.05) is 13.8 Å². The number of rotatable bonds is 5. The van der Waals surface area contributed by atoms with Gasteiger partial charge in [0.1, 0.15) is 5.70 Å². The van der Waals surface area contributed by atoms with Crippen LogP contribution < -0.4 is 0 Å². The van der Waals surface area contributed by atoms with Crippen molar-refractivity contribution in [2.75, 3.05) is 5.75 Å². The third kappa shape index (κ3) is 2.07. The van der Waals surface area contributed by atoms with Gasteiger partial charge in [-0.25, -0.2) is 4.79 Å². The van der Waals surface area contributed by atoms with Crippen LogP contribution in [-0.4, -0.2) is 44.9 Å². The molecule has 2 rings (SSSR count). The first kappa shape index (κ1) is 14.4. The number of hydrogen-bond acceptors (Lipinski definition) is 4. The first-order chi connectivity index (χ1) is 8.91. The van der Waals surface area contributed by atoms with Crippen LogP contribution in [0.2, 0.25) is 0 Å².